The van der Waals surface area contributed by atoms with Crippen molar-refractivity contribution < 1.29 is 14.7 Å². The second-order valence-corrected chi connectivity index (χ2v) is 9.89. The minimum Gasteiger partial charge on any atom is -0.507 e. The molecule has 0 saturated heterocycles. The van der Waals surface area contributed by atoms with Crippen molar-refractivity contribution in [2.24, 2.45) is 0 Å². The van der Waals surface area contributed by atoms with E-state index >= 15 is 0 Å². The molecule has 2 heterocycles. The minimum absolute atomic E-state index is 0.0586. The van der Waals surface area contributed by atoms with Gasteiger partial charge in [0.05, 0.1) is 28.6 Å². The SMILES string of the molecule is O=C(Nc1ccc(-c2cc(C3CCC3)n(C(=O)NCCc3ccccc3)n2)c(O)c1)c1cnc2ccccc2n1. The maximum atomic E-state index is 13.1. The number of anilines is 1. The van der Waals surface area contributed by atoms with Crippen molar-refractivity contribution in [3.05, 3.63) is 102 Å². The molecule has 0 aliphatic heterocycles. The summed E-state index contributed by atoms with van der Waals surface area (Å²) in [6.45, 7) is 0.489. The Bertz CT molecular complexity index is 1690. The Morgan fingerprint density at radius 1 is 0.950 bits per heavy atom. The molecular formula is C31H28N6O3. The quantitative estimate of drug-likeness (QED) is 0.254. The van der Waals surface area contributed by atoms with Crippen LogP contribution >= 0.6 is 0 Å². The van der Waals surface area contributed by atoms with Crippen molar-refractivity contribution >= 4 is 28.7 Å². The first-order valence-corrected chi connectivity index (χ1v) is 13.3. The highest BCUT2D eigenvalue weighted by atomic mass is 16.3. The molecule has 1 fully saturated rings. The van der Waals surface area contributed by atoms with Gasteiger partial charge in [0, 0.05) is 29.8 Å². The molecule has 0 bridgehead atoms. The highest BCUT2D eigenvalue weighted by Gasteiger charge is 2.27. The molecule has 6 rings (SSSR count). The maximum absolute atomic E-state index is 13.1. The van der Waals surface area contributed by atoms with E-state index in [9.17, 15) is 14.7 Å². The van der Waals surface area contributed by atoms with E-state index in [1.165, 1.54) is 16.9 Å². The number of benzene rings is 3. The second-order valence-electron chi connectivity index (χ2n) is 9.89. The number of amides is 2. The van der Waals surface area contributed by atoms with Gasteiger partial charge in [0.2, 0.25) is 0 Å². The number of rotatable bonds is 7. The number of aromatic nitrogens is 4. The number of carbonyl (C=O) groups excluding carboxylic acids is 2. The van der Waals surface area contributed by atoms with E-state index in [0.717, 1.165) is 36.9 Å². The third-order valence-corrected chi connectivity index (χ3v) is 7.20. The highest BCUT2D eigenvalue weighted by molar-refractivity contribution is 6.03. The number of hydrogen-bond donors (Lipinski definition) is 3. The molecule has 0 atom stereocenters. The van der Waals surface area contributed by atoms with Gasteiger partial charge >= 0.3 is 6.03 Å². The summed E-state index contributed by atoms with van der Waals surface area (Å²) in [6.07, 6.45) is 5.25. The molecule has 9 heteroatoms. The molecular weight excluding hydrogens is 504 g/mol. The van der Waals surface area contributed by atoms with Crippen molar-refractivity contribution in [3.8, 4) is 17.0 Å². The molecule has 2 aromatic heterocycles. The lowest BCUT2D eigenvalue weighted by Gasteiger charge is -2.25. The van der Waals surface area contributed by atoms with Gasteiger partial charge in [-0.1, -0.05) is 48.9 Å². The normalized spacial score (nSPS) is 13.1. The van der Waals surface area contributed by atoms with Gasteiger partial charge in [0.25, 0.3) is 5.91 Å². The standard InChI is InChI=1S/C31H28N6O3/c38-29-17-22(34-30(39)27-19-33-24-11-4-5-12-25(24)35-27)13-14-23(29)26-18-28(21-9-6-10-21)37(36-26)31(40)32-16-15-20-7-2-1-3-8-20/h1-5,7-8,11-14,17-19,21,38H,6,9-10,15-16H2,(H,32,40)(H,34,39). The Hall–Kier alpha value is -5.05. The number of nitrogens with one attached hydrogen (secondary N) is 2. The van der Waals surface area contributed by atoms with Gasteiger partial charge in [-0.05, 0) is 55.2 Å². The van der Waals surface area contributed by atoms with Crippen LogP contribution in [0.5, 0.6) is 5.75 Å². The van der Waals surface area contributed by atoms with Crippen LogP contribution in [0, 0.1) is 0 Å². The Morgan fingerprint density at radius 2 is 1.73 bits per heavy atom. The largest absolute Gasteiger partial charge is 0.507 e. The van der Waals surface area contributed by atoms with Crippen LogP contribution in [0.4, 0.5) is 10.5 Å². The molecule has 40 heavy (non-hydrogen) atoms. The van der Waals surface area contributed by atoms with E-state index in [-0.39, 0.29) is 23.4 Å². The fourth-order valence-electron chi connectivity index (χ4n) is 4.81. The van der Waals surface area contributed by atoms with E-state index in [1.807, 2.05) is 54.6 Å². The first-order valence-electron chi connectivity index (χ1n) is 13.3. The highest BCUT2D eigenvalue weighted by Crippen LogP contribution is 2.39. The minimum atomic E-state index is -0.436. The number of phenolic OH excluding ortho intramolecular Hbond substituents is 1. The summed E-state index contributed by atoms with van der Waals surface area (Å²) in [5.74, 6) is -0.240. The van der Waals surface area contributed by atoms with E-state index < -0.39 is 5.91 Å². The fourth-order valence-corrected chi connectivity index (χ4v) is 4.81. The van der Waals surface area contributed by atoms with Crippen LogP contribution in [0.1, 0.15) is 46.9 Å². The molecule has 0 spiro atoms. The zero-order valence-corrected chi connectivity index (χ0v) is 21.7. The lowest BCUT2D eigenvalue weighted by Crippen LogP contribution is -2.33. The summed E-state index contributed by atoms with van der Waals surface area (Å²) >= 11 is 0. The number of aromatic hydroxyl groups is 1. The van der Waals surface area contributed by atoms with Crippen LogP contribution < -0.4 is 10.6 Å². The number of fused-ring (bicyclic) bond motifs is 1. The Labute approximate surface area is 230 Å². The molecule has 0 unspecified atom stereocenters. The maximum Gasteiger partial charge on any atom is 0.342 e. The van der Waals surface area contributed by atoms with Gasteiger partial charge in [-0.3, -0.25) is 9.78 Å². The summed E-state index contributed by atoms with van der Waals surface area (Å²) in [4.78, 5) is 34.5. The number of phenols is 1. The molecule has 9 nitrogen and oxygen atoms in total. The lowest BCUT2D eigenvalue weighted by atomic mass is 9.82. The molecule has 200 valence electrons. The smallest absolute Gasteiger partial charge is 0.342 e. The van der Waals surface area contributed by atoms with Crippen LogP contribution in [0.25, 0.3) is 22.3 Å². The van der Waals surface area contributed by atoms with Crippen molar-refractivity contribution in [1.29, 1.82) is 0 Å². The van der Waals surface area contributed by atoms with Crippen molar-refractivity contribution in [1.82, 2.24) is 25.1 Å². The Morgan fingerprint density at radius 3 is 2.48 bits per heavy atom. The van der Waals surface area contributed by atoms with Crippen LogP contribution in [0.15, 0.2) is 85.1 Å². The molecule has 1 aliphatic carbocycles. The van der Waals surface area contributed by atoms with Crippen LogP contribution in [-0.4, -0.2) is 43.3 Å². The Balaban J connectivity index is 1.18. The van der Waals surface area contributed by atoms with Gasteiger partial charge in [0.1, 0.15) is 11.4 Å². The van der Waals surface area contributed by atoms with Gasteiger partial charge in [-0.2, -0.15) is 9.78 Å². The third kappa shape index (κ3) is 5.26. The van der Waals surface area contributed by atoms with Crippen LogP contribution in [-0.2, 0) is 6.42 Å². The number of para-hydroxylation sites is 2. The fraction of sp³-hybridized carbons (Fsp3) is 0.194. The Kier molecular flexibility index (Phi) is 6.93. The average molecular weight is 533 g/mol. The predicted octanol–water partition coefficient (Wildman–Crippen LogP) is 5.52. The lowest BCUT2D eigenvalue weighted by molar-refractivity contribution is 0.102. The average Bonchev–Trinajstić information content (AvgIpc) is 3.36. The van der Waals surface area contributed by atoms with Gasteiger partial charge < -0.3 is 15.7 Å². The molecule has 3 N–H and O–H groups in total. The van der Waals surface area contributed by atoms with E-state index in [1.54, 1.807) is 18.2 Å². The third-order valence-electron chi connectivity index (χ3n) is 7.20. The van der Waals surface area contributed by atoms with E-state index in [4.69, 9.17) is 0 Å². The van der Waals surface area contributed by atoms with Crippen LogP contribution in [0.3, 0.4) is 0 Å². The van der Waals surface area contributed by atoms with Gasteiger partial charge in [0.15, 0.2) is 0 Å². The topological polar surface area (TPSA) is 122 Å². The zero-order chi connectivity index (χ0) is 27.5. The summed E-state index contributed by atoms with van der Waals surface area (Å²) < 4.78 is 1.43. The molecule has 0 radical (unpaired) electrons. The molecule has 1 aliphatic rings. The molecule has 3 aromatic carbocycles. The number of carbonyl (C=O) groups is 2. The van der Waals surface area contributed by atoms with Crippen LogP contribution in [0.2, 0.25) is 0 Å². The van der Waals surface area contributed by atoms with Crippen molar-refractivity contribution in [2.75, 3.05) is 11.9 Å². The molecule has 2 amide bonds. The summed E-state index contributed by atoms with van der Waals surface area (Å²) in [6, 6.07) is 23.7. The van der Waals surface area contributed by atoms with Crippen molar-refractivity contribution in [2.45, 2.75) is 31.6 Å². The number of hydrogen-bond acceptors (Lipinski definition) is 6. The summed E-state index contributed by atoms with van der Waals surface area (Å²) in [5, 5.41) is 21.2. The van der Waals surface area contributed by atoms with Gasteiger partial charge in [-0.25, -0.2) is 9.78 Å². The summed E-state index contributed by atoms with van der Waals surface area (Å²) in [5.41, 5.74) is 4.85. The number of nitrogens with zero attached hydrogens (tertiary/aromatic N) is 4. The monoisotopic (exact) mass is 532 g/mol. The first-order chi connectivity index (χ1) is 19.5. The molecule has 1 saturated carbocycles. The zero-order valence-electron chi connectivity index (χ0n) is 21.7. The summed E-state index contributed by atoms with van der Waals surface area (Å²) in [7, 11) is 0. The van der Waals surface area contributed by atoms with Gasteiger partial charge in [-0.15, -0.1) is 0 Å². The van der Waals surface area contributed by atoms with E-state index in [0.29, 0.717) is 34.5 Å². The first kappa shape index (κ1) is 25.2. The van der Waals surface area contributed by atoms with E-state index in [2.05, 4.69) is 25.7 Å². The predicted molar refractivity (Wildman–Crippen MR) is 152 cm³/mol. The second kappa shape index (κ2) is 11.0. The van der Waals surface area contributed by atoms with Crippen molar-refractivity contribution in [3.63, 3.8) is 0 Å². The molecule has 5 aromatic rings.